The second-order valence-electron chi connectivity index (χ2n) is 5.89. The maximum atomic E-state index is 12.6. The monoisotopic (exact) mass is 336 g/mol. The van der Waals surface area contributed by atoms with Crippen molar-refractivity contribution in [3.8, 4) is 0 Å². The molecular weight excluding hydrogens is 308 g/mol. The fourth-order valence-corrected chi connectivity index (χ4v) is 2.24. The van der Waals surface area contributed by atoms with E-state index in [1.54, 1.807) is 44.2 Å². The van der Waals surface area contributed by atoms with Crippen LogP contribution in [0.25, 0.3) is 0 Å². The van der Waals surface area contributed by atoms with E-state index in [0.717, 1.165) is 5.57 Å². The Kier molecular flexibility index (Phi) is 8.43. The summed E-state index contributed by atoms with van der Waals surface area (Å²) in [5, 5.41) is 0. The molecule has 24 heavy (non-hydrogen) atoms. The topological polar surface area (TPSA) is 59.1 Å². The predicted octanol–water partition coefficient (Wildman–Crippen LogP) is 1.40. The zero-order valence-electron chi connectivity index (χ0n) is 15.3. The molecule has 0 aromatic heterocycles. The summed E-state index contributed by atoms with van der Waals surface area (Å²) in [6.07, 6.45) is 6.03. The Balaban J connectivity index is 2.95. The number of rotatable bonds is 8. The molecule has 0 aromatic carbocycles. The average Bonchev–Trinajstić information content (AvgIpc) is 2.77. The number of hydrogen-bond donors (Lipinski definition) is 0. The summed E-state index contributed by atoms with van der Waals surface area (Å²) < 4.78 is 10.0. The highest BCUT2D eigenvalue weighted by molar-refractivity contribution is 6.02. The molecule has 0 saturated carbocycles. The van der Waals surface area contributed by atoms with Crippen molar-refractivity contribution in [3.63, 3.8) is 0 Å². The molecule has 6 nitrogen and oxygen atoms in total. The third-order valence-electron chi connectivity index (χ3n) is 3.81. The van der Waals surface area contributed by atoms with Gasteiger partial charge in [0.15, 0.2) is 0 Å². The van der Waals surface area contributed by atoms with Crippen molar-refractivity contribution in [3.05, 3.63) is 34.9 Å². The fraction of sp³-hybridized carbons (Fsp3) is 0.556. The Morgan fingerprint density at radius 1 is 0.958 bits per heavy atom. The summed E-state index contributed by atoms with van der Waals surface area (Å²) >= 11 is 0. The summed E-state index contributed by atoms with van der Waals surface area (Å²) in [5.74, 6) is -0.230. The van der Waals surface area contributed by atoms with Crippen molar-refractivity contribution < 1.29 is 19.1 Å². The summed E-state index contributed by atoms with van der Waals surface area (Å²) in [5.41, 5.74) is 2.09. The van der Waals surface area contributed by atoms with E-state index < -0.39 is 0 Å². The molecule has 0 saturated heterocycles. The predicted molar refractivity (Wildman–Crippen MR) is 93.6 cm³/mol. The Hall–Kier alpha value is -1.92. The van der Waals surface area contributed by atoms with E-state index >= 15 is 0 Å². The van der Waals surface area contributed by atoms with Crippen LogP contribution < -0.4 is 0 Å². The Labute approximate surface area is 144 Å². The first-order chi connectivity index (χ1) is 11.4. The first-order valence-electron chi connectivity index (χ1n) is 7.98. The molecule has 0 atom stereocenters. The van der Waals surface area contributed by atoms with E-state index in [-0.39, 0.29) is 11.8 Å². The van der Waals surface area contributed by atoms with Crippen LogP contribution in [0.3, 0.4) is 0 Å². The van der Waals surface area contributed by atoms with Crippen LogP contribution in [-0.2, 0) is 19.1 Å². The van der Waals surface area contributed by atoms with Gasteiger partial charge < -0.3 is 19.3 Å². The lowest BCUT2D eigenvalue weighted by Crippen LogP contribution is -2.32. The van der Waals surface area contributed by atoms with Crippen molar-refractivity contribution in [1.82, 2.24) is 9.80 Å². The van der Waals surface area contributed by atoms with Gasteiger partial charge in [-0.2, -0.15) is 0 Å². The van der Waals surface area contributed by atoms with E-state index in [9.17, 15) is 9.59 Å². The van der Waals surface area contributed by atoms with Crippen LogP contribution in [0.2, 0.25) is 0 Å². The summed E-state index contributed by atoms with van der Waals surface area (Å²) in [6.45, 7) is 3.90. The van der Waals surface area contributed by atoms with Crippen LogP contribution in [0.1, 0.15) is 13.3 Å². The molecular formula is C18H28N2O4. The Bertz CT molecular complexity index is 549. The Morgan fingerprint density at radius 2 is 1.46 bits per heavy atom. The van der Waals surface area contributed by atoms with E-state index in [0.29, 0.717) is 43.9 Å². The zero-order chi connectivity index (χ0) is 18.1. The molecule has 0 aliphatic heterocycles. The smallest absolute Gasteiger partial charge is 0.253 e. The lowest BCUT2D eigenvalue weighted by atomic mass is 10.1. The van der Waals surface area contributed by atoms with Gasteiger partial charge in [0.05, 0.1) is 13.2 Å². The maximum absolute atomic E-state index is 12.6. The highest BCUT2D eigenvalue weighted by Gasteiger charge is 2.19. The van der Waals surface area contributed by atoms with Crippen molar-refractivity contribution in [2.24, 2.45) is 0 Å². The number of nitrogens with zero attached hydrogens (tertiary/aromatic N) is 2. The van der Waals surface area contributed by atoms with Crippen molar-refractivity contribution in [1.29, 1.82) is 0 Å². The van der Waals surface area contributed by atoms with E-state index in [1.165, 1.54) is 0 Å². The summed E-state index contributed by atoms with van der Waals surface area (Å²) in [7, 11) is 6.66. The van der Waals surface area contributed by atoms with E-state index in [1.807, 2.05) is 19.1 Å². The van der Waals surface area contributed by atoms with Crippen LogP contribution in [-0.4, -0.2) is 76.2 Å². The van der Waals surface area contributed by atoms with Crippen LogP contribution in [0, 0.1) is 0 Å². The molecule has 0 aromatic rings. The number of carbonyl (C=O) groups is 2. The quantitative estimate of drug-likeness (QED) is 0.672. The van der Waals surface area contributed by atoms with Gasteiger partial charge in [-0.15, -0.1) is 0 Å². The van der Waals surface area contributed by atoms with Crippen molar-refractivity contribution in [2.45, 2.75) is 13.3 Å². The molecule has 0 spiro atoms. The van der Waals surface area contributed by atoms with Gasteiger partial charge in [0, 0.05) is 52.6 Å². The van der Waals surface area contributed by atoms with Gasteiger partial charge >= 0.3 is 0 Å². The highest BCUT2D eigenvalue weighted by Crippen LogP contribution is 2.19. The first kappa shape index (κ1) is 20.1. The number of methoxy groups -OCH3 is 2. The molecule has 134 valence electrons. The van der Waals surface area contributed by atoms with Gasteiger partial charge in [-0.1, -0.05) is 17.7 Å². The van der Waals surface area contributed by atoms with Gasteiger partial charge in [0.2, 0.25) is 0 Å². The van der Waals surface area contributed by atoms with Crippen LogP contribution >= 0.6 is 0 Å². The largest absolute Gasteiger partial charge is 0.383 e. The standard InChI is InChI=1S/C18H28N2O4/c1-14-6-7-15(17(21)19(2)8-10-23-4)13-16(12-14)18(22)20(3)9-11-24-5/h7,12-13H,6,8-11H2,1-5H3. The van der Waals surface area contributed by atoms with Gasteiger partial charge in [-0.05, 0) is 19.4 Å². The minimum Gasteiger partial charge on any atom is -0.383 e. The minimum atomic E-state index is -0.119. The normalized spacial score (nSPS) is 14.3. The fourth-order valence-electron chi connectivity index (χ4n) is 2.24. The molecule has 6 heteroatoms. The molecule has 1 rings (SSSR count). The molecule has 0 radical (unpaired) electrons. The molecule has 0 unspecified atom stereocenters. The van der Waals surface area contributed by atoms with Crippen LogP contribution in [0.5, 0.6) is 0 Å². The molecule has 1 aliphatic carbocycles. The second kappa shape index (κ2) is 10.1. The van der Waals surface area contributed by atoms with E-state index in [2.05, 4.69) is 0 Å². The minimum absolute atomic E-state index is 0.111. The molecule has 1 aliphatic rings. The summed E-state index contributed by atoms with van der Waals surface area (Å²) in [4.78, 5) is 28.4. The molecule has 2 amide bonds. The lowest BCUT2D eigenvalue weighted by molar-refractivity contribution is -0.126. The first-order valence-corrected chi connectivity index (χ1v) is 7.98. The van der Waals surface area contributed by atoms with Gasteiger partial charge in [-0.3, -0.25) is 9.59 Å². The number of ether oxygens (including phenoxy) is 2. The molecule has 0 N–H and O–H groups in total. The maximum Gasteiger partial charge on any atom is 0.253 e. The number of likely N-dealkylation sites (N-methyl/N-ethyl adjacent to an activating group) is 2. The molecule has 0 bridgehead atoms. The molecule has 0 fully saturated rings. The van der Waals surface area contributed by atoms with Gasteiger partial charge in [0.25, 0.3) is 11.8 Å². The van der Waals surface area contributed by atoms with Crippen LogP contribution in [0.15, 0.2) is 34.9 Å². The number of amides is 2. The second-order valence-corrected chi connectivity index (χ2v) is 5.89. The number of carbonyl (C=O) groups excluding carboxylic acids is 2. The van der Waals surface area contributed by atoms with E-state index in [4.69, 9.17) is 9.47 Å². The SMILES string of the molecule is COCCN(C)C(=O)C1=CCC(C)=CC(C(=O)N(C)CCOC)=C1. The average molecular weight is 336 g/mol. The zero-order valence-corrected chi connectivity index (χ0v) is 15.3. The number of hydrogen-bond acceptors (Lipinski definition) is 4. The Morgan fingerprint density at radius 3 is 1.96 bits per heavy atom. The van der Waals surface area contributed by atoms with Crippen molar-refractivity contribution >= 4 is 11.8 Å². The van der Waals surface area contributed by atoms with Gasteiger partial charge in [-0.25, -0.2) is 0 Å². The molecule has 0 heterocycles. The third-order valence-corrected chi connectivity index (χ3v) is 3.81. The highest BCUT2D eigenvalue weighted by atomic mass is 16.5. The van der Waals surface area contributed by atoms with Gasteiger partial charge in [0.1, 0.15) is 0 Å². The lowest BCUT2D eigenvalue weighted by Gasteiger charge is -2.19. The van der Waals surface area contributed by atoms with Crippen LogP contribution in [0.4, 0.5) is 0 Å². The third kappa shape index (κ3) is 5.94. The summed E-state index contributed by atoms with van der Waals surface area (Å²) in [6, 6.07) is 0. The number of allylic oxidation sites excluding steroid dienone is 2. The van der Waals surface area contributed by atoms with Crippen molar-refractivity contribution in [2.75, 3.05) is 54.6 Å².